The fourth-order valence-corrected chi connectivity index (χ4v) is 5.42. The lowest BCUT2D eigenvalue weighted by Crippen LogP contribution is -2.44. The van der Waals surface area contributed by atoms with E-state index in [1.54, 1.807) is 0 Å². The maximum Gasteiger partial charge on any atom is 0.346 e. The van der Waals surface area contributed by atoms with Crippen LogP contribution in [0.15, 0.2) is 59.5 Å². The lowest BCUT2D eigenvalue weighted by molar-refractivity contribution is -0.122. The molecule has 5 rings (SSSR count). The second-order valence-corrected chi connectivity index (χ2v) is 9.69. The maximum absolute atomic E-state index is 15.2. The van der Waals surface area contributed by atoms with E-state index >= 15 is 8.78 Å². The number of anilines is 1. The third kappa shape index (κ3) is 4.23. The molecule has 0 spiro atoms. The van der Waals surface area contributed by atoms with Crippen LogP contribution in [0.2, 0.25) is 0 Å². The van der Waals surface area contributed by atoms with E-state index in [0.717, 1.165) is 27.9 Å². The monoisotopic (exact) mass is 510 g/mol. The first kappa shape index (κ1) is 24.0. The first-order valence-corrected chi connectivity index (χ1v) is 12.4. The number of halogens is 2. The number of nitrogens with one attached hydrogen (secondary N) is 1. The molecular weight excluding hydrogens is 486 g/mol. The number of carbonyl (C=O) groups excluding carboxylic acids is 1. The highest BCUT2D eigenvalue weighted by Crippen LogP contribution is 2.36. The van der Waals surface area contributed by atoms with Gasteiger partial charge in [0.05, 0.1) is 6.04 Å². The van der Waals surface area contributed by atoms with Crippen molar-refractivity contribution in [3.8, 4) is 0 Å². The number of aromatic nitrogens is 4. The molecule has 1 N–H and O–H groups in total. The predicted molar refractivity (Wildman–Crippen MR) is 133 cm³/mol. The quantitative estimate of drug-likeness (QED) is 0.425. The van der Waals surface area contributed by atoms with Gasteiger partial charge in [0.15, 0.2) is 21.3 Å². The van der Waals surface area contributed by atoms with Gasteiger partial charge < -0.3 is 10.2 Å². The summed E-state index contributed by atoms with van der Waals surface area (Å²) in [5, 5.41) is 3.46. The SMILES string of the molecule is C[C@@H](NC(=O)C1CCCN1c1nc2c(=O)n(C)c(C(F)(F)c3ccccn3)nc2s1)c1ccccc1. The zero-order valence-corrected chi connectivity index (χ0v) is 20.5. The number of nitrogens with zero attached hydrogens (tertiary/aromatic N) is 5. The number of hydrogen-bond donors (Lipinski definition) is 1. The Bertz CT molecular complexity index is 1460. The molecule has 1 aliphatic rings. The summed E-state index contributed by atoms with van der Waals surface area (Å²) in [5.41, 5.74) is -0.183. The topological polar surface area (TPSA) is 93.0 Å². The highest BCUT2D eigenvalue weighted by atomic mass is 32.1. The van der Waals surface area contributed by atoms with E-state index in [1.807, 2.05) is 42.2 Å². The number of thiazole rings is 1. The second-order valence-electron chi connectivity index (χ2n) is 8.73. The van der Waals surface area contributed by atoms with Crippen molar-refractivity contribution in [2.24, 2.45) is 7.05 Å². The molecule has 1 amide bonds. The second kappa shape index (κ2) is 9.38. The molecule has 0 saturated carbocycles. The lowest BCUT2D eigenvalue weighted by atomic mass is 10.1. The van der Waals surface area contributed by atoms with Crippen LogP contribution in [0.5, 0.6) is 0 Å². The molecule has 0 aliphatic carbocycles. The van der Waals surface area contributed by atoms with Crippen molar-refractivity contribution in [1.29, 1.82) is 0 Å². The van der Waals surface area contributed by atoms with Crippen molar-refractivity contribution in [3.05, 3.63) is 82.2 Å². The van der Waals surface area contributed by atoms with Crippen molar-refractivity contribution in [2.75, 3.05) is 11.4 Å². The van der Waals surface area contributed by atoms with E-state index in [2.05, 4.69) is 20.3 Å². The molecule has 8 nitrogen and oxygen atoms in total. The molecule has 0 bridgehead atoms. The van der Waals surface area contributed by atoms with Gasteiger partial charge in [-0.3, -0.25) is 19.1 Å². The molecule has 1 unspecified atom stereocenters. The van der Waals surface area contributed by atoms with Crippen LogP contribution in [0.1, 0.15) is 42.9 Å². The van der Waals surface area contributed by atoms with Gasteiger partial charge in [-0.15, -0.1) is 0 Å². The fourth-order valence-electron chi connectivity index (χ4n) is 4.41. The highest BCUT2D eigenvalue weighted by Gasteiger charge is 2.41. The molecule has 4 heterocycles. The summed E-state index contributed by atoms with van der Waals surface area (Å²) in [4.78, 5) is 40.4. The Morgan fingerprint density at radius 3 is 2.64 bits per heavy atom. The minimum Gasteiger partial charge on any atom is -0.348 e. The van der Waals surface area contributed by atoms with Crippen LogP contribution in [-0.4, -0.2) is 38.0 Å². The number of carbonyl (C=O) groups is 1. The summed E-state index contributed by atoms with van der Waals surface area (Å²) in [5.74, 6) is -4.43. The fraction of sp³-hybridized carbons (Fsp3) is 0.320. The van der Waals surface area contributed by atoms with Crippen LogP contribution < -0.4 is 15.8 Å². The summed E-state index contributed by atoms with van der Waals surface area (Å²) < 4.78 is 31.3. The number of fused-ring (bicyclic) bond motifs is 1. The summed E-state index contributed by atoms with van der Waals surface area (Å²) in [6.07, 6.45) is 2.65. The lowest BCUT2D eigenvalue weighted by Gasteiger charge is -2.25. The molecule has 36 heavy (non-hydrogen) atoms. The van der Waals surface area contributed by atoms with Crippen LogP contribution >= 0.6 is 11.3 Å². The molecule has 186 valence electrons. The van der Waals surface area contributed by atoms with Crippen molar-refractivity contribution in [3.63, 3.8) is 0 Å². The summed E-state index contributed by atoms with van der Waals surface area (Å²) in [7, 11) is 1.25. The van der Waals surface area contributed by atoms with Crippen LogP contribution in [0.25, 0.3) is 10.3 Å². The zero-order chi connectivity index (χ0) is 25.4. The molecule has 3 aromatic heterocycles. The van der Waals surface area contributed by atoms with Crippen LogP contribution in [-0.2, 0) is 17.8 Å². The van der Waals surface area contributed by atoms with Gasteiger partial charge in [-0.05, 0) is 37.5 Å². The van der Waals surface area contributed by atoms with E-state index in [-0.39, 0.29) is 22.3 Å². The van der Waals surface area contributed by atoms with Gasteiger partial charge in [0, 0.05) is 19.8 Å². The molecule has 1 fully saturated rings. The van der Waals surface area contributed by atoms with Crippen molar-refractivity contribution >= 4 is 32.7 Å². The van der Waals surface area contributed by atoms with E-state index in [0.29, 0.717) is 18.1 Å². The third-order valence-corrected chi connectivity index (χ3v) is 7.34. The Morgan fingerprint density at radius 1 is 1.17 bits per heavy atom. The molecular formula is C25H24F2N6O2S. The smallest absolute Gasteiger partial charge is 0.346 e. The summed E-state index contributed by atoms with van der Waals surface area (Å²) in [6, 6.07) is 13.2. The standard InChI is InChI=1S/C25H24F2N6O2S/c1-15(16-9-4-3-5-10-16)29-20(34)17-11-8-14-33(17)24-30-19-21(36-24)31-23(32(2)22(19)35)25(26,27)18-12-6-7-13-28-18/h3-7,9-10,12-13,15,17H,8,11,14H2,1-2H3,(H,29,34)/t15-,17?/m1/s1. The summed E-state index contributed by atoms with van der Waals surface area (Å²) in [6.45, 7) is 2.48. The van der Waals surface area contributed by atoms with E-state index in [9.17, 15) is 9.59 Å². The summed E-state index contributed by atoms with van der Waals surface area (Å²) >= 11 is 1.04. The Kier molecular flexibility index (Phi) is 6.25. The number of rotatable bonds is 6. The predicted octanol–water partition coefficient (Wildman–Crippen LogP) is 3.77. The Hall–Kier alpha value is -3.73. The Morgan fingerprint density at radius 2 is 1.92 bits per heavy atom. The van der Waals surface area contributed by atoms with Gasteiger partial charge >= 0.3 is 5.92 Å². The van der Waals surface area contributed by atoms with E-state index in [1.165, 1.54) is 31.4 Å². The first-order chi connectivity index (χ1) is 17.3. The number of benzene rings is 1. The normalized spacial score (nSPS) is 16.9. The van der Waals surface area contributed by atoms with Gasteiger partial charge in [-0.2, -0.15) is 8.78 Å². The van der Waals surface area contributed by atoms with Gasteiger partial charge in [0.2, 0.25) is 5.91 Å². The van der Waals surface area contributed by atoms with E-state index < -0.39 is 29.0 Å². The molecule has 0 radical (unpaired) electrons. The zero-order valence-electron chi connectivity index (χ0n) is 19.7. The Balaban J connectivity index is 1.45. The molecule has 2 atom stereocenters. The number of pyridine rings is 1. The number of alkyl halides is 2. The van der Waals surface area contributed by atoms with Crippen LogP contribution in [0.3, 0.4) is 0 Å². The van der Waals surface area contributed by atoms with Crippen LogP contribution in [0.4, 0.5) is 13.9 Å². The molecule has 1 saturated heterocycles. The minimum atomic E-state index is -3.57. The van der Waals surface area contributed by atoms with Crippen molar-refractivity contribution < 1.29 is 13.6 Å². The molecule has 11 heteroatoms. The molecule has 4 aromatic rings. The number of amides is 1. The Labute approximate surface area is 209 Å². The van der Waals surface area contributed by atoms with E-state index in [4.69, 9.17) is 0 Å². The van der Waals surface area contributed by atoms with Crippen molar-refractivity contribution in [1.82, 2.24) is 24.8 Å². The minimum absolute atomic E-state index is 0.00165. The highest BCUT2D eigenvalue weighted by molar-refractivity contribution is 7.21. The average Bonchev–Trinajstić information content (AvgIpc) is 3.54. The van der Waals surface area contributed by atoms with Crippen molar-refractivity contribution in [2.45, 2.75) is 37.8 Å². The van der Waals surface area contributed by atoms with Gasteiger partial charge in [0.1, 0.15) is 11.7 Å². The van der Waals surface area contributed by atoms with Crippen LogP contribution in [0, 0.1) is 0 Å². The average molecular weight is 511 g/mol. The first-order valence-electron chi connectivity index (χ1n) is 11.6. The van der Waals surface area contributed by atoms with Gasteiger partial charge in [0.25, 0.3) is 5.56 Å². The largest absolute Gasteiger partial charge is 0.348 e. The molecule has 1 aromatic carbocycles. The van der Waals surface area contributed by atoms with Gasteiger partial charge in [-0.1, -0.05) is 47.7 Å². The molecule has 1 aliphatic heterocycles. The van der Waals surface area contributed by atoms with Gasteiger partial charge in [-0.25, -0.2) is 9.97 Å². The third-order valence-electron chi connectivity index (χ3n) is 6.36. The number of hydrogen-bond acceptors (Lipinski definition) is 7. The maximum atomic E-state index is 15.2.